The maximum atomic E-state index is 5.88. The van der Waals surface area contributed by atoms with Crippen molar-refractivity contribution in [2.24, 2.45) is 44.0 Å². The van der Waals surface area contributed by atoms with E-state index in [9.17, 15) is 0 Å². The minimum Gasteiger partial charge on any atom is -0.346 e. The van der Waals surface area contributed by atoms with Crippen molar-refractivity contribution in [3.63, 3.8) is 0 Å². The van der Waals surface area contributed by atoms with Gasteiger partial charge in [0.1, 0.15) is 23.7 Å². The number of benzene rings is 3. The lowest BCUT2D eigenvalue weighted by atomic mass is 9.69. The molecule has 0 radical (unpaired) electrons. The fourth-order valence-electron chi connectivity index (χ4n) is 12.0. The topological polar surface area (TPSA) is 55.3 Å². The number of nitrogens with one attached hydrogen (secondary N) is 2. The second-order valence-corrected chi connectivity index (χ2v) is 24.5. The Morgan fingerprint density at radius 2 is 1.28 bits per heavy atom. The Balaban J connectivity index is 1.16. The van der Waals surface area contributed by atoms with Crippen molar-refractivity contribution >= 4 is 17.4 Å². The van der Waals surface area contributed by atoms with Gasteiger partial charge in [-0.3, -0.25) is 4.99 Å². The number of dihydropyridines is 1. The zero-order valence-corrected chi connectivity index (χ0v) is 42.4. The van der Waals surface area contributed by atoms with Crippen LogP contribution in [-0.2, 0) is 5.41 Å². The summed E-state index contributed by atoms with van der Waals surface area (Å²) in [6.07, 6.45) is 21.0. The van der Waals surface area contributed by atoms with Gasteiger partial charge in [0, 0.05) is 40.7 Å². The molecule has 6 heteroatoms. The number of likely N-dealkylation sites (tertiary alicyclic amines) is 1. The van der Waals surface area contributed by atoms with Gasteiger partial charge in [0.2, 0.25) is 0 Å². The largest absolute Gasteiger partial charge is 0.346 e. The molecule has 2 N–H and O–H groups in total. The molecule has 10 rings (SSSR count). The van der Waals surface area contributed by atoms with E-state index in [0.717, 1.165) is 40.6 Å². The van der Waals surface area contributed by atoms with E-state index in [-0.39, 0.29) is 46.0 Å². The minimum atomic E-state index is -0.300. The average Bonchev–Trinajstić information content (AvgIpc) is 3.78. The van der Waals surface area contributed by atoms with Gasteiger partial charge < -0.3 is 20.4 Å². The zero-order chi connectivity index (χ0) is 47.4. The standard InChI is InChI=1S/C61H74N6/c1-37-30-53-47(35-49(37)61(11,12)13)46-33-40(58(2,3)4)24-27-50(46)66(53)43-34-48(56-64-54(38-20-16-14-17-21-38)63-55(65-56)39-22-18-15-19-23-39)57(62-36-43)67-51-28-25-41(59(5,6)7)31-44(51)45-32-42(60(8,9)10)26-29-52(45)67/h14-29,31-35,37,44-45,47,51-54,64H,30,36H2,1-13H3,(H,63,65). The third kappa shape index (κ3) is 8.20. The number of hydrogen-bond acceptors (Lipinski definition) is 6. The third-order valence-electron chi connectivity index (χ3n) is 15.6. The summed E-state index contributed by atoms with van der Waals surface area (Å²) in [5.74, 6) is 4.16. The first-order valence-electron chi connectivity index (χ1n) is 25.1. The number of anilines is 1. The van der Waals surface area contributed by atoms with Gasteiger partial charge in [-0.1, -0.05) is 211 Å². The van der Waals surface area contributed by atoms with Gasteiger partial charge in [-0.05, 0) is 74.0 Å². The predicted molar refractivity (Wildman–Crippen MR) is 281 cm³/mol. The molecular formula is C61H74N6. The lowest BCUT2D eigenvalue weighted by Crippen LogP contribution is -2.48. The zero-order valence-electron chi connectivity index (χ0n) is 42.4. The van der Waals surface area contributed by atoms with Gasteiger partial charge in [0.05, 0.1) is 24.2 Å². The molecule has 1 fully saturated rings. The van der Waals surface area contributed by atoms with Crippen LogP contribution in [0.15, 0.2) is 171 Å². The van der Waals surface area contributed by atoms with E-state index in [2.05, 4.69) is 238 Å². The van der Waals surface area contributed by atoms with E-state index in [1.165, 1.54) is 33.7 Å². The molecule has 8 unspecified atom stereocenters. The van der Waals surface area contributed by atoms with Crippen molar-refractivity contribution in [2.75, 3.05) is 11.4 Å². The molecule has 8 atom stereocenters. The number of rotatable bonds is 3. The minimum absolute atomic E-state index is 0.0429. The molecular weight excluding hydrogens is 817 g/mol. The maximum Gasteiger partial charge on any atom is 0.148 e. The van der Waals surface area contributed by atoms with E-state index in [0.29, 0.717) is 30.2 Å². The van der Waals surface area contributed by atoms with E-state index in [1.54, 1.807) is 5.57 Å². The molecule has 7 aliphatic rings. The molecule has 3 aliphatic carbocycles. The Morgan fingerprint density at radius 3 is 1.87 bits per heavy atom. The Morgan fingerprint density at radius 1 is 0.672 bits per heavy atom. The van der Waals surface area contributed by atoms with Crippen LogP contribution in [0, 0.1) is 34.0 Å². The first-order valence-corrected chi connectivity index (χ1v) is 25.1. The molecule has 0 amide bonds. The normalized spacial score (nSPS) is 29.3. The second-order valence-electron chi connectivity index (χ2n) is 24.5. The monoisotopic (exact) mass is 891 g/mol. The summed E-state index contributed by atoms with van der Waals surface area (Å²) in [4.78, 5) is 16.6. The van der Waals surface area contributed by atoms with E-state index >= 15 is 0 Å². The lowest BCUT2D eigenvalue weighted by molar-refractivity contribution is 0.363. The number of allylic oxidation sites excluding steroid dienone is 5. The maximum absolute atomic E-state index is 5.88. The summed E-state index contributed by atoms with van der Waals surface area (Å²) >= 11 is 0. The van der Waals surface area contributed by atoms with Gasteiger partial charge in [0.15, 0.2) is 0 Å². The Kier molecular flexibility index (Phi) is 11.0. The molecule has 4 heterocycles. The van der Waals surface area contributed by atoms with Crippen molar-refractivity contribution in [1.29, 1.82) is 0 Å². The summed E-state index contributed by atoms with van der Waals surface area (Å²) in [7, 11) is 0. The van der Waals surface area contributed by atoms with E-state index < -0.39 is 0 Å². The van der Waals surface area contributed by atoms with Crippen LogP contribution in [0.2, 0.25) is 0 Å². The van der Waals surface area contributed by atoms with Crippen LogP contribution in [0.3, 0.4) is 0 Å². The number of fused-ring (bicyclic) bond motifs is 6. The van der Waals surface area contributed by atoms with Crippen LogP contribution in [0.5, 0.6) is 0 Å². The first kappa shape index (κ1) is 45.2. The average molecular weight is 891 g/mol. The summed E-state index contributed by atoms with van der Waals surface area (Å²) < 4.78 is 0. The van der Waals surface area contributed by atoms with Crippen LogP contribution in [0.1, 0.15) is 131 Å². The van der Waals surface area contributed by atoms with Gasteiger partial charge in [-0.25, -0.2) is 4.99 Å². The third-order valence-corrected chi connectivity index (χ3v) is 15.6. The van der Waals surface area contributed by atoms with Crippen LogP contribution < -0.4 is 15.5 Å². The van der Waals surface area contributed by atoms with Crippen LogP contribution in [-0.4, -0.2) is 41.2 Å². The molecule has 1 saturated heterocycles. The molecule has 3 aromatic rings. The number of nitrogens with zero attached hydrogens (tertiary/aromatic N) is 4. The van der Waals surface area contributed by atoms with Crippen molar-refractivity contribution in [1.82, 2.24) is 15.5 Å². The molecule has 6 nitrogen and oxygen atoms in total. The molecule has 0 spiro atoms. The fourth-order valence-corrected chi connectivity index (χ4v) is 12.0. The van der Waals surface area contributed by atoms with E-state index in [4.69, 9.17) is 9.98 Å². The van der Waals surface area contributed by atoms with Gasteiger partial charge >= 0.3 is 0 Å². The van der Waals surface area contributed by atoms with Crippen molar-refractivity contribution in [2.45, 2.75) is 132 Å². The highest BCUT2D eigenvalue weighted by atomic mass is 15.3. The Labute approximate surface area is 402 Å². The smallest absolute Gasteiger partial charge is 0.148 e. The summed E-state index contributed by atoms with van der Waals surface area (Å²) in [5, 5.41) is 7.88. The highest BCUT2D eigenvalue weighted by Gasteiger charge is 2.51. The molecule has 4 aliphatic heterocycles. The Hall–Kier alpha value is -5.62. The van der Waals surface area contributed by atoms with Crippen LogP contribution in [0.25, 0.3) is 0 Å². The van der Waals surface area contributed by atoms with Crippen LogP contribution >= 0.6 is 0 Å². The van der Waals surface area contributed by atoms with Crippen molar-refractivity contribution < 1.29 is 0 Å². The number of hydrogen-bond donors (Lipinski definition) is 2. The quantitative estimate of drug-likeness (QED) is 0.257. The van der Waals surface area contributed by atoms with Crippen molar-refractivity contribution in [3.05, 3.63) is 184 Å². The molecule has 0 aromatic heterocycles. The molecule has 0 saturated carbocycles. The second kappa shape index (κ2) is 16.3. The lowest BCUT2D eigenvalue weighted by Gasteiger charge is -2.42. The summed E-state index contributed by atoms with van der Waals surface area (Å²) in [6.45, 7) is 31.3. The molecule has 3 aromatic carbocycles. The molecule has 0 bridgehead atoms. The number of aliphatic imine (C=N–C) groups is 2. The summed E-state index contributed by atoms with van der Waals surface area (Å²) in [5.41, 5.74) is 13.3. The molecule has 348 valence electrons. The SMILES string of the molecule is CC1CC2C(C=C1C(C)(C)C)c1cc(C(C)(C)C)ccc1N2C1=CC(=C2NC(c3ccccc3)=NC(c3ccccc3)N2)C(N2C3C=CC(C(C)(C)C)=CC3C3C=C(C(C)(C)C)C=CC32)=NC1. The van der Waals surface area contributed by atoms with Gasteiger partial charge in [-0.2, -0.15) is 0 Å². The Bertz CT molecular complexity index is 2680. The molecule has 67 heavy (non-hydrogen) atoms. The number of amidine groups is 2. The van der Waals surface area contributed by atoms with Gasteiger partial charge in [-0.15, -0.1) is 0 Å². The van der Waals surface area contributed by atoms with Crippen LogP contribution in [0.4, 0.5) is 5.69 Å². The summed E-state index contributed by atoms with van der Waals surface area (Å²) in [6, 6.07) is 29.1. The predicted octanol–water partition coefficient (Wildman–Crippen LogP) is 13.5. The highest BCUT2D eigenvalue weighted by molar-refractivity contribution is 6.06. The van der Waals surface area contributed by atoms with Crippen molar-refractivity contribution in [3.8, 4) is 0 Å². The highest BCUT2D eigenvalue weighted by Crippen LogP contribution is 2.54. The van der Waals surface area contributed by atoms with Gasteiger partial charge in [0.25, 0.3) is 0 Å². The van der Waals surface area contributed by atoms with E-state index in [1.807, 2.05) is 0 Å². The fraction of sp³-hybridized carbons (Fsp3) is 0.443. The first-order chi connectivity index (χ1) is 31.6.